The molecule has 2 aromatic carbocycles. The monoisotopic (exact) mass is 348 g/mol. The van der Waals surface area contributed by atoms with E-state index in [-0.39, 0.29) is 18.9 Å². The van der Waals surface area contributed by atoms with Gasteiger partial charge in [0.25, 0.3) is 0 Å². The van der Waals surface area contributed by atoms with Crippen molar-refractivity contribution in [3.63, 3.8) is 0 Å². The first-order chi connectivity index (χ1) is 12.6. The van der Waals surface area contributed by atoms with Crippen LogP contribution >= 0.6 is 0 Å². The molecule has 1 heterocycles. The summed E-state index contributed by atoms with van der Waals surface area (Å²) in [6.45, 7) is 2.26. The molecule has 5 nitrogen and oxygen atoms in total. The van der Waals surface area contributed by atoms with Crippen LogP contribution in [0.2, 0.25) is 0 Å². The molecule has 26 heavy (non-hydrogen) atoms. The Kier molecular flexibility index (Phi) is 5.49. The van der Waals surface area contributed by atoms with Gasteiger partial charge in [-0.3, -0.25) is 4.90 Å². The second kappa shape index (κ2) is 8.16. The van der Waals surface area contributed by atoms with Crippen LogP contribution in [0.25, 0.3) is 0 Å². The molecular formula is C21H20N2O3. The highest BCUT2D eigenvalue weighted by atomic mass is 16.6. The van der Waals surface area contributed by atoms with Crippen molar-refractivity contribution in [1.29, 1.82) is 0 Å². The fourth-order valence-corrected chi connectivity index (χ4v) is 2.52. The molecule has 3 aromatic rings. The van der Waals surface area contributed by atoms with E-state index in [9.17, 15) is 9.90 Å². The van der Waals surface area contributed by atoms with Crippen molar-refractivity contribution in [2.24, 2.45) is 0 Å². The number of aromatic nitrogens is 1. The van der Waals surface area contributed by atoms with Crippen molar-refractivity contribution >= 4 is 11.9 Å². The lowest BCUT2D eigenvalue weighted by molar-refractivity contribution is 0.146. The topological polar surface area (TPSA) is 62.7 Å². The molecular weight excluding hydrogens is 328 g/mol. The second-order valence-electron chi connectivity index (χ2n) is 5.95. The maximum absolute atomic E-state index is 12.7. The normalized spacial score (nSPS) is 10.3. The molecule has 0 fully saturated rings. The summed E-state index contributed by atoms with van der Waals surface area (Å²) < 4.78 is 5.46. The van der Waals surface area contributed by atoms with Crippen LogP contribution in [0.5, 0.6) is 5.75 Å². The van der Waals surface area contributed by atoms with Gasteiger partial charge in [-0.25, -0.2) is 9.78 Å². The number of nitrogens with zero attached hydrogens (tertiary/aromatic N) is 2. The molecule has 0 bridgehead atoms. The van der Waals surface area contributed by atoms with E-state index in [0.717, 1.165) is 11.1 Å². The molecule has 1 amide bonds. The average Bonchev–Trinajstić information content (AvgIpc) is 2.66. The van der Waals surface area contributed by atoms with Crippen molar-refractivity contribution in [3.8, 4) is 5.75 Å². The van der Waals surface area contributed by atoms with E-state index in [1.807, 2.05) is 55.5 Å². The SMILES string of the molecule is Cc1ccnc(N(Cc2ccccc2O)C(=O)OCc2ccccc2)c1. The number of hydrogen-bond donors (Lipinski definition) is 1. The summed E-state index contributed by atoms with van der Waals surface area (Å²) in [7, 11) is 0. The van der Waals surface area contributed by atoms with Crippen LogP contribution in [0.15, 0.2) is 72.9 Å². The fraction of sp³-hybridized carbons (Fsp3) is 0.143. The summed E-state index contributed by atoms with van der Waals surface area (Å²) in [5.41, 5.74) is 2.50. The van der Waals surface area contributed by atoms with Crippen molar-refractivity contribution in [1.82, 2.24) is 4.98 Å². The third-order valence-corrected chi connectivity index (χ3v) is 3.92. The second-order valence-corrected chi connectivity index (χ2v) is 5.95. The van der Waals surface area contributed by atoms with Crippen LogP contribution in [0, 0.1) is 6.92 Å². The van der Waals surface area contributed by atoms with E-state index in [2.05, 4.69) is 4.98 Å². The average molecular weight is 348 g/mol. The number of pyridine rings is 1. The molecule has 0 saturated carbocycles. The van der Waals surface area contributed by atoms with Crippen LogP contribution in [0.4, 0.5) is 10.6 Å². The summed E-state index contributed by atoms with van der Waals surface area (Å²) in [6.07, 6.45) is 1.13. The first-order valence-electron chi connectivity index (χ1n) is 8.31. The number of rotatable bonds is 5. The number of amides is 1. The van der Waals surface area contributed by atoms with Crippen LogP contribution in [0.3, 0.4) is 0 Å². The molecule has 0 aliphatic carbocycles. The van der Waals surface area contributed by atoms with E-state index in [4.69, 9.17) is 4.74 Å². The summed E-state index contributed by atoms with van der Waals surface area (Å²) in [5, 5.41) is 10.1. The van der Waals surface area contributed by atoms with Gasteiger partial charge in [0.2, 0.25) is 0 Å². The highest BCUT2D eigenvalue weighted by molar-refractivity contribution is 5.86. The van der Waals surface area contributed by atoms with Gasteiger partial charge < -0.3 is 9.84 Å². The van der Waals surface area contributed by atoms with Gasteiger partial charge in [0.05, 0.1) is 6.54 Å². The number of para-hydroxylation sites is 1. The number of hydrogen-bond acceptors (Lipinski definition) is 4. The van der Waals surface area contributed by atoms with Crippen molar-refractivity contribution in [2.45, 2.75) is 20.1 Å². The minimum atomic E-state index is -0.518. The van der Waals surface area contributed by atoms with Crippen molar-refractivity contribution in [3.05, 3.63) is 89.6 Å². The standard InChI is InChI=1S/C21H20N2O3/c1-16-11-12-22-20(13-16)23(14-18-9-5-6-10-19(18)24)21(25)26-15-17-7-3-2-4-8-17/h2-13,24H,14-15H2,1H3. The summed E-state index contributed by atoms with van der Waals surface area (Å²) in [6, 6.07) is 20.1. The first-order valence-corrected chi connectivity index (χ1v) is 8.31. The van der Waals surface area contributed by atoms with Crippen LogP contribution in [-0.2, 0) is 17.9 Å². The Balaban J connectivity index is 1.82. The lowest BCUT2D eigenvalue weighted by Crippen LogP contribution is -2.31. The Labute approximate surface area is 152 Å². The quantitative estimate of drug-likeness (QED) is 0.740. The molecule has 0 saturated heterocycles. The molecule has 132 valence electrons. The van der Waals surface area contributed by atoms with Gasteiger partial charge in [0, 0.05) is 11.8 Å². The van der Waals surface area contributed by atoms with Gasteiger partial charge in [-0.2, -0.15) is 0 Å². The fourth-order valence-electron chi connectivity index (χ4n) is 2.52. The van der Waals surface area contributed by atoms with Crippen molar-refractivity contribution < 1.29 is 14.6 Å². The molecule has 0 atom stereocenters. The molecule has 3 rings (SSSR count). The lowest BCUT2D eigenvalue weighted by Gasteiger charge is -2.22. The number of carbonyl (C=O) groups excluding carboxylic acids is 1. The van der Waals surface area contributed by atoms with E-state index in [1.54, 1.807) is 24.4 Å². The number of anilines is 1. The van der Waals surface area contributed by atoms with E-state index in [1.165, 1.54) is 4.90 Å². The highest BCUT2D eigenvalue weighted by Crippen LogP contribution is 2.22. The highest BCUT2D eigenvalue weighted by Gasteiger charge is 2.20. The Bertz CT molecular complexity index is 881. The molecule has 1 aromatic heterocycles. The third kappa shape index (κ3) is 4.39. The number of phenolic OH excluding ortho intramolecular Hbond substituents is 1. The smallest absolute Gasteiger partial charge is 0.416 e. The van der Waals surface area contributed by atoms with Gasteiger partial charge in [-0.1, -0.05) is 48.5 Å². The molecule has 0 aliphatic heterocycles. The summed E-state index contributed by atoms with van der Waals surface area (Å²) in [5.74, 6) is 0.604. The van der Waals surface area contributed by atoms with E-state index >= 15 is 0 Å². The Morgan fingerprint density at radius 1 is 1.08 bits per heavy atom. The minimum Gasteiger partial charge on any atom is -0.508 e. The molecule has 0 radical (unpaired) electrons. The molecule has 1 N–H and O–H groups in total. The molecule has 0 aliphatic rings. The third-order valence-electron chi connectivity index (χ3n) is 3.92. The number of aromatic hydroxyl groups is 1. The number of phenols is 1. The van der Waals surface area contributed by atoms with Crippen LogP contribution in [-0.4, -0.2) is 16.2 Å². The summed E-state index contributed by atoms with van der Waals surface area (Å²) >= 11 is 0. The van der Waals surface area contributed by atoms with Crippen LogP contribution in [0.1, 0.15) is 16.7 Å². The predicted octanol–water partition coefficient (Wildman–Crippen LogP) is 4.44. The molecule has 0 unspecified atom stereocenters. The Hall–Kier alpha value is -3.34. The number of carbonyl (C=O) groups is 1. The predicted molar refractivity (Wildman–Crippen MR) is 99.9 cm³/mol. The van der Waals surface area contributed by atoms with Gasteiger partial charge in [-0.05, 0) is 36.2 Å². The van der Waals surface area contributed by atoms with Gasteiger partial charge in [0.15, 0.2) is 0 Å². The zero-order valence-corrected chi connectivity index (χ0v) is 14.5. The Morgan fingerprint density at radius 3 is 2.54 bits per heavy atom. The molecule has 0 spiro atoms. The minimum absolute atomic E-state index is 0.126. The lowest BCUT2D eigenvalue weighted by atomic mass is 10.2. The zero-order chi connectivity index (χ0) is 18.4. The van der Waals surface area contributed by atoms with Crippen molar-refractivity contribution in [2.75, 3.05) is 4.90 Å². The van der Waals surface area contributed by atoms with Gasteiger partial charge >= 0.3 is 6.09 Å². The van der Waals surface area contributed by atoms with Crippen LogP contribution < -0.4 is 4.90 Å². The molecule has 5 heteroatoms. The maximum Gasteiger partial charge on any atom is 0.416 e. The number of ether oxygens (including phenoxy) is 1. The number of benzene rings is 2. The summed E-state index contributed by atoms with van der Waals surface area (Å²) in [4.78, 5) is 18.4. The first kappa shape index (κ1) is 17.5. The van der Waals surface area contributed by atoms with E-state index in [0.29, 0.717) is 11.4 Å². The largest absolute Gasteiger partial charge is 0.508 e. The Morgan fingerprint density at radius 2 is 1.81 bits per heavy atom. The number of aryl methyl sites for hydroxylation is 1. The maximum atomic E-state index is 12.7. The van der Waals surface area contributed by atoms with Gasteiger partial charge in [0.1, 0.15) is 18.2 Å². The van der Waals surface area contributed by atoms with E-state index < -0.39 is 6.09 Å². The van der Waals surface area contributed by atoms with Gasteiger partial charge in [-0.15, -0.1) is 0 Å². The zero-order valence-electron chi connectivity index (χ0n) is 14.5.